The molecule has 0 aliphatic carbocycles. The third-order valence-corrected chi connectivity index (χ3v) is 14.1. The number of aryl methyl sites for hydroxylation is 2. The van der Waals surface area contributed by atoms with Crippen molar-refractivity contribution in [2.24, 2.45) is 0 Å². The van der Waals surface area contributed by atoms with Crippen molar-refractivity contribution in [3.63, 3.8) is 0 Å². The van der Waals surface area contributed by atoms with Crippen molar-refractivity contribution in [3.05, 3.63) is 158 Å². The Morgan fingerprint density at radius 3 is 2.23 bits per heavy atom. The highest BCUT2D eigenvalue weighted by Gasteiger charge is 2.44. The summed E-state index contributed by atoms with van der Waals surface area (Å²) in [5.41, 5.74) is 5.81. The van der Waals surface area contributed by atoms with Gasteiger partial charge in [0.2, 0.25) is 22.0 Å². The highest BCUT2D eigenvalue weighted by Crippen LogP contribution is 2.43. The zero-order valence-corrected chi connectivity index (χ0v) is 36.9. The monoisotopic (exact) mass is 919 g/mol. The van der Waals surface area contributed by atoms with Crippen molar-refractivity contribution < 1.29 is 41.9 Å². The number of nitrogens with one attached hydrogen (secondary N) is 1. The maximum Gasteiger partial charge on any atom is 0.326 e. The van der Waals surface area contributed by atoms with Crippen LogP contribution in [-0.4, -0.2) is 59.9 Å². The Bertz CT molecular complexity index is 2930. The average molecular weight is 921 g/mol. The van der Waals surface area contributed by atoms with Crippen LogP contribution in [0.15, 0.2) is 113 Å². The van der Waals surface area contributed by atoms with Crippen LogP contribution in [0.3, 0.4) is 0 Å². The van der Waals surface area contributed by atoms with Crippen LogP contribution in [0.1, 0.15) is 50.9 Å². The van der Waals surface area contributed by atoms with Gasteiger partial charge in [0.1, 0.15) is 40.8 Å². The first-order valence-corrected chi connectivity index (χ1v) is 22.1. The standard InChI is InChI=1S/C47H39Cl2N5O9S/c1-26-44(27(2)63-52-26)64(59,60)54-24-35-22-42-40(53(3)46(56)43(62-42)33-13-15-36(16-14-33)61-25-30-8-17-37(48)38(49)18-30)20-34(35)21-41(54)45(55)51-39(47(57)58)19-28-4-9-31(10-5-28)32-11-6-29(23-50)7-12-32/h4-18,20,22,39,41,43H,19,21,24-25H2,1-3H3,(H,51,55)(H,57,58)/t39-,41?,43-/m0/s1. The SMILES string of the molecule is Cc1noc(C)c1S(=O)(=O)N1Cc2cc3c(cc2CC1C(=O)N[C@@H](Cc1ccc(-c2ccc(C#N)cc2)cc1)C(=O)O)N(C)C(=O)[C@H](c1ccc(OCc2ccc(Cl)c(Cl)c2)cc1)O3. The van der Waals surface area contributed by atoms with Gasteiger partial charge in [-0.2, -0.15) is 9.57 Å². The fourth-order valence-corrected chi connectivity index (χ4v) is 10.0. The van der Waals surface area contributed by atoms with E-state index < -0.39 is 40.1 Å². The number of hydrogen-bond acceptors (Lipinski definition) is 10. The molecule has 2 aliphatic rings. The summed E-state index contributed by atoms with van der Waals surface area (Å²) in [6, 6.07) is 28.9. The first kappa shape index (κ1) is 43.9. The Kier molecular flexibility index (Phi) is 12.2. The van der Waals surface area contributed by atoms with E-state index in [-0.39, 0.29) is 48.3 Å². The van der Waals surface area contributed by atoms with E-state index in [0.717, 1.165) is 21.0 Å². The number of fused-ring (bicyclic) bond motifs is 2. The molecule has 1 unspecified atom stereocenters. The van der Waals surface area contributed by atoms with Gasteiger partial charge in [0.15, 0.2) is 5.76 Å². The van der Waals surface area contributed by atoms with Crippen LogP contribution in [0.5, 0.6) is 11.5 Å². The molecular formula is C47H39Cl2N5O9S. The number of hydrogen-bond donors (Lipinski definition) is 2. The number of likely N-dealkylation sites (N-methyl/N-ethyl adjacent to an activating group) is 1. The topological polar surface area (TPSA) is 192 Å². The fraction of sp³-hybridized carbons (Fsp3) is 0.213. The van der Waals surface area contributed by atoms with Gasteiger partial charge in [-0.3, -0.25) is 9.59 Å². The molecule has 3 atom stereocenters. The van der Waals surface area contributed by atoms with Gasteiger partial charge in [-0.1, -0.05) is 83.0 Å². The third-order valence-electron chi connectivity index (χ3n) is 11.3. The van der Waals surface area contributed by atoms with Crippen LogP contribution in [-0.2, 0) is 50.4 Å². The minimum atomic E-state index is -4.47. The van der Waals surface area contributed by atoms with Gasteiger partial charge in [-0.15, -0.1) is 0 Å². The Labute approximate surface area is 378 Å². The number of amides is 2. The second kappa shape index (κ2) is 17.8. The number of sulfonamides is 1. The van der Waals surface area contributed by atoms with Gasteiger partial charge < -0.3 is 29.3 Å². The lowest BCUT2D eigenvalue weighted by molar-refractivity contribution is -0.142. The van der Waals surface area contributed by atoms with Gasteiger partial charge in [-0.25, -0.2) is 13.2 Å². The van der Waals surface area contributed by atoms with Crippen molar-refractivity contribution in [1.82, 2.24) is 14.8 Å². The predicted octanol–water partition coefficient (Wildman–Crippen LogP) is 7.74. The first-order valence-electron chi connectivity index (χ1n) is 20.0. The summed E-state index contributed by atoms with van der Waals surface area (Å²) in [6.45, 7) is 2.88. The smallest absolute Gasteiger partial charge is 0.326 e. The van der Waals surface area contributed by atoms with Gasteiger partial charge in [0.05, 0.1) is 27.4 Å². The molecule has 326 valence electrons. The van der Waals surface area contributed by atoms with E-state index >= 15 is 0 Å². The molecule has 2 aliphatic heterocycles. The quantitative estimate of drug-likeness (QED) is 0.122. The third kappa shape index (κ3) is 8.78. The summed E-state index contributed by atoms with van der Waals surface area (Å²) in [5, 5.41) is 26.7. The van der Waals surface area contributed by atoms with E-state index in [9.17, 15) is 27.9 Å². The van der Waals surface area contributed by atoms with Crippen LogP contribution < -0.4 is 19.7 Å². The molecule has 0 spiro atoms. The van der Waals surface area contributed by atoms with E-state index in [2.05, 4.69) is 16.5 Å². The number of halogens is 2. The molecule has 6 aromatic rings. The number of benzene rings is 5. The van der Waals surface area contributed by atoms with Crippen LogP contribution in [0, 0.1) is 25.2 Å². The Morgan fingerprint density at radius 2 is 1.61 bits per heavy atom. The zero-order valence-electron chi connectivity index (χ0n) is 34.5. The molecular weight excluding hydrogens is 882 g/mol. The molecule has 0 bridgehead atoms. The summed E-state index contributed by atoms with van der Waals surface area (Å²) in [4.78, 5) is 42.0. The molecule has 0 saturated carbocycles. The number of nitriles is 1. The molecule has 1 aromatic heterocycles. The molecule has 5 aromatic carbocycles. The molecule has 0 saturated heterocycles. The van der Waals surface area contributed by atoms with E-state index in [1.165, 1.54) is 18.7 Å². The lowest BCUT2D eigenvalue weighted by Gasteiger charge is -2.38. The first-order chi connectivity index (χ1) is 30.6. The van der Waals surface area contributed by atoms with Crippen LogP contribution in [0.4, 0.5) is 5.69 Å². The van der Waals surface area contributed by atoms with Crippen LogP contribution in [0.25, 0.3) is 11.1 Å². The molecule has 8 rings (SSSR count). The number of carboxylic acid groups (broad SMARTS) is 1. The minimum Gasteiger partial charge on any atom is -0.489 e. The number of aliphatic carboxylic acids is 1. The molecule has 2 N–H and O–H groups in total. The average Bonchev–Trinajstić information content (AvgIpc) is 3.64. The van der Waals surface area contributed by atoms with E-state index in [0.29, 0.717) is 55.0 Å². The van der Waals surface area contributed by atoms with Gasteiger partial charge in [0.25, 0.3) is 5.91 Å². The normalized spacial score (nSPS) is 16.5. The van der Waals surface area contributed by atoms with E-state index in [4.69, 9.17) is 42.5 Å². The van der Waals surface area contributed by atoms with Gasteiger partial charge >= 0.3 is 5.97 Å². The lowest BCUT2D eigenvalue weighted by Crippen LogP contribution is -2.56. The summed E-state index contributed by atoms with van der Waals surface area (Å²) in [7, 11) is -2.87. The molecule has 2 amide bonds. The van der Waals surface area contributed by atoms with Gasteiger partial charge in [-0.05, 0) is 102 Å². The highest BCUT2D eigenvalue weighted by molar-refractivity contribution is 7.89. The second-order valence-electron chi connectivity index (χ2n) is 15.5. The number of nitrogens with zero attached hydrogens (tertiary/aromatic N) is 4. The number of ether oxygens (including phenoxy) is 2. The van der Waals surface area contributed by atoms with Crippen LogP contribution in [0.2, 0.25) is 10.0 Å². The molecule has 0 radical (unpaired) electrons. The summed E-state index contributed by atoms with van der Waals surface area (Å²) < 4.78 is 47.5. The maximum atomic E-state index is 14.5. The number of aromatic nitrogens is 1. The number of carboxylic acids is 1. The van der Waals surface area contributed by atoms with Crippen molar-refractivity contribution in [2.75, 3.05) is 11.9 Å². The van der Waals surface area contributed by atoms with Crippen molar-refractivity contribution in [1.29, 1.82) is 5.26 Å². The minimum absolute atomic E-state index is 0.0258. The zero-order chi connectivity index (χ0) is 45.4. The maximum absolute atomic E-state index is 14.5. The Hall–Kier alpha value is -6.70. The highest BCUT2D eigenvalue weighted by atomic mass is 35.5. The fourth-order valence-electron chi connectivity index (χ4n) is 7.86. The number of carbonyl (C=O) groups excluding carboxylic acids is 2. The van der Waals surface area contributed by atoms with E-state index in [1.807, 2.05) is 30.3 Å². The van der Waals surface area contributed by atoms with Crippen molar-refractivity contribution in [2.45, 2.75) is 62.9 Å². The molecule has 3 heterocycles. The predicted molar refractivity (Wildman–Crippen MR) is 237 cm³/mol. The van der Waals surface area contributed by atoms with Crippen molar-refractivity contribution >= 4 is 56.7 Å². The summed E-state index contributed by atoms with van der Waals surface area (Å²) in [6.07, 6.45) is -1.29. The van der Waals surface area contributed by atoms with E-state index in [1.54, 1.807) is 79.8 Å². The Morgan fingerprint density at radius 1 is 0.938 bits per heavy atom. The summed E-state index contributed by atoms with van der Waals surface area (Å²) >= 11 is 12.2. The largest absolute Gasteiger partial charge is 0.489 e. The second-order valence-corrected chi connectivity index (χ2v) is 18.1. The lowest BCUT2D eigenvalue weighted by atomic mass is 9.93. The Balaban J connectivity index is 1.04. The number of carbonyl (C=O) groups is 3. The number of anilines is 1. The molecule has 14 nitrogen and oxygen atoms in total. The van der Waals surface area contributed by atoms with Gasteiger partial charge in [0, 0.05) is 25.6 Å². The van der Waals surface area contributed by atoms with Crippen molar-refractivity contribution in [3.8, 4) is 28.7 Å². The summed E-state index contributed by atoms with van der Waals surface area (Å²) in [5.74, 6) is -1.61. The molecule has 64 heavy (non-hydrogen) atoms. The molecule has 0 fully saturated rings. The molecule has 17 heteroatoms. The van der Waals surface area contributed by atoms with Crippen LogP contribution >= 0.6 is 23.2 Å². The number of rotatable bonds is 12.